The number of aliphatic hydroxyl groups excluding tert-OH is 1. The summed E-state index contributed by atoms with van der Waals surface area (Å²) in [6, 6.07) is 16.8. The van der Waals surface area contributed by atoms with E-state index in [1.807, 2.05) is 36.4 Å². The van der Waals surface area contributed by atoms with Crippen LogP contribution < -0.4 is 15.5 Å². The second kappa shape index (κ2) is 8.95. The van der Waals surface area contributed by atoms with Gasteiger partial charge in [0, 0.05) is 30.8 Å². The zero-order valence-electron chi connectivity index (χ0n) is 16.1. The van der Waals surface area contributed by atoms with Crippen LogP contribution in [0.2, 0.25) is 0 Å². The second-order valence-corrected chi connectivity index (χ2v) is 7.46. The Balaban J connectivity index is 0.00000240. The molecule has 2 amide bonds. The van der Waals surface area contributed by atoms with Crippen LogP contribution in [-0.2, 0) is 10.3 Å². The van der Waals surface area contributed by atoms with Crippen molar-refractivity contribution in [3.63, 3.8) is 0 Å². The molecule has 6 nitrogen and oxygen atoms in total. The summed E-state index contributed by atoms with van der Waals surface area (Å²) >= 11 is 0. The van der Waals surface area contributed by atoms with Crippen molar-refractivity contribution < 1.29 is 14.7 Å². The monoisotopic (exact) mass is 415 g/mol. The average molecular weight is 416 g/mol. The van der Waals surface area contributed by atoms with Crippen LogP contribution in [-0.4, -0.2) is 42.7 Å². The molecule has 0 bridgehead atoms. The van der Waals surface area contributed by atoms with Gasteiger partial charge in [0.15, 0.2) is 0 Å². The zero-order valence-corrected chi connectivity index (χ0v) is 17.0. The highest BCUT2D eigenvalue weighted by Gasteiger charge is 2.43. The first-order chi connectivity index (χ1) is 13.6. The van der Waals surface area contributed by atoms with E-state index in [-0.39, 0.29) is 24.2 Å². The smallest absolute Gasteiger partial charge is 0.252 e. The van der Waals surface area contributed by atoms with Crippen LogP contribution in [0.4, 0.5) is 5.69 Å². The molecule has 2 aliphatic heterocycles. The molecule has 2 aromatic rings. The summed E-state index contributed by atoms with van der Waals surface area (Å²) in [5, 5.41) is 17.1. The van der Waals surface area contributed by atoms with Crippen LogP contribution in [0.1, 0.15) is 35.2 Å². The van der Waals surface area contributed by atoms with Crippen molar-refractivity contribution in [2.24, 2.45) is 0 Å². The van der Waals surface area contributed by atoms with Crippen molar-refractivity contribution in [2.45, 2.75) is 30.9 Å². The highest BCUT2D eigenvalue weighted by atomic mass is 35.5. The number of hydrogen-bond acceptors (Lipinski definition) is 4. The Kier molecular flexibility index (Phi) is 6.57. The maximum atomic E-state index is 13.1. The van der Waals surface area contributed by atoms with E-state index >= 15 is 0 Å². The highest BCUT2D eigenvalue weighted by Crippen LogP contribution is 2.32. The topological polar surface area (TPSA) is 81.7 Å². The van der Waals surface area contributed by atoms with Crippen LogP contribution in [0.25, 0.3) is 0 Å². The molecular weight excluding hydrogens is 390 g/mol. The van der Waals surface area contributed by atoms with Crippen LogP contribution in [0, 0.1) is 0 Å². The molecule has 0 unspecified atom stereocenters. The number of benzene rings is 2. The molecule has 2 aliphatic rings. The summed E-state index contributed by atoms with van der Waals surface area (Å²) in [6.45, 7) is 1.80. The number of amides is 2. The first-order valence-corrected chi connectivity index (χ1v) is 9.77. The average Bonchev–Trinajstić information content (AvgIpc) is 3.16. The Morgan fingerprint density at radius 1 is 1.17 bits per heavy atom. The lowest BCUT2D eigenvalue weighted by Gasteiger charge is -2.43. The van der Waals surface area contributed by atoms with E-state index in [9.17, 15) is 14.7 Å². The molecule has 2 aromatic carbocycles. The Morgan fingerprint density at radius 2 is 1.97 bits per heavy atom. The number of β-amino-alcohol motifs (C(OH)–C–C–N with tert-alkyl or cyclic N) is 1. The number of anilines is 1. The normalized spacial score (nSPS) is 24.1. The zero-order chi connectivity index (χ0) is 19.6. The van der Waals surface area contributed by atoms with E-state index in [4.69, 9.17) is 0 Å². The van der Waals surface area contributed by atoms with Gasteiger partial charge in [0.2, 0.25) is 5.91 Å². The van der Waals surface area contributed by atoms with E-state index in [0.29, 0.717) is 38.0 Å². The number of nitrogens with zero attached hydrogens (tertiary/aromatic N) is 1. The van der Waals surface area contributed by atoms with E-state index in [2.05, 4.69) is 10.6 Å². The van der Waals surface area contributed by atoms with E-state index in [1.54, 1.807) is 23.1 Å². The molecule has 2 fully saturated rings. The minimum Gasteiger partial charge on any atom is -0.389 e. The first kappa shape index (κ1) is 21.3. The largest absolute Gasteiger partial charge is 0.389 e. The molecule has 3 N–H and O–H groups in total. The van der Waals surface area contributed by atoms with Crippen LogP contribution >= 0.6 is 12.4 Å². The lowest BCUT2D eigenvalue weighted by Crippen LogP contribution is -2.61. The SMILES string of the molecule is Cl.O=C(N[C@]1(c2ccccc2)CCNC[C@H]1O)c1cccc(N2CCCC2=O)c1. The van der Waals surface area contributed by atoms with Crippen molar-refractivity contribution in [1.29, 1.82) is 0 Å². The van der Waals surface area contributed by atoms with Crippen molar-refractivity contribution in [3.8, 4) is 0 Å². The maximum Gasteiger partial charge on any atom is 0.252 e. The van der Waals surface area contributed by atoms with Crippen molar-refractivity contribution in [1.82, 2.24) is 10.6 Å². The lowest BCUT2D eigenvalue weighted by molar-refractivity contribution is -0.117. The van der Waals surface area contributed by atoms with Crippen LogP contribution in [0.3, 0.4) is 0 Å². The van der Waals surface area contributed by atoms with Crippen molar-refractivity contribution >= 4 is 29.9 Å². The van der Waals surface area contributed by atoms with Gasteiger partial charge in [-0.15, -0.1) is 12.4 Å². The fraction of sp³-hybridized carbons (Fsp3) is 0.364. The van der Waals surface area contributed by atoms with Gasteiger partial charge in [0.25, 0.3) is 5.91 Å². The number of rotatable bonds is 4. The molecule has 29 heavy (non-hydrogen) atoms. The van der Waals surface area contributed by atoms with Gasteiger partial charge in [-0.05, 0) is 43.1 Å². The number of aliphatic hydroxyl groups is 1. The summed E-state index contributed by atoms with van der Waals surface area (Å²) in [6.07, 6.45) is 1.24. The molecule has 2 saturated heterocycles. The molecule has 2 atom stereocenters. The molecule has 0 spiro atoms. The molecule has 0 aliphatic carbocycles. The number of piperidine rings is 1. The fourth-order valence-electron chi connectivity index (χ4n) is 4.17. The molecule has 7 heteroatoms. The number of carbonyl (C=O) groups excluding carboxylic acids is 2. The Bertz CT molecular complexity index is 877. The Hall–Kier alpha value is -2.41. The standard InChI is InChI=1S/C22H25N3O3.ClH/c26-19-15-23-12-11-22(19,17-7-2-1-3-8-17)24-21(28)16-6-4-9-18(14-16)25-13-5-10-20(25)27;/h1-4,6-9,14,19,23,26H,5,10-13,15H2,(H,24,28);1H/t19-,22+;/m1./s1. The van der Waals surface area contributed by atoms with Gasteiger partial charge in [-0.2, -0.15) is 0 Å². The number of nitrogens with one attached hydrogen (secondary N) is 2. The van der Waals surface area contributed by atoms with Gasteiger partial charge in [-0.25, -0.2) is 0 Å². The Morgan fingerprint density at radius 3 is 2.66 bits per heavy atom. The summed E-state index contributed by atoms with van der Waals surface area (Å²) in [5.41, 5.74) is 1.28. The van der Waals surface area contributed by atoms with Gasteiger partial charge in [-0.1, -0.05) is 36.4 Å². The molecule has 0 saturated carbocycles. The van der Waals surface area contributed by atoms with Gasteiger partial charge in [-0.3, -0.25) is 9.59 Å². The molecule has 0 aromatic heterocycles. The molecule has 2 heterocycles. The van der Waals surface area contributed by atoms with E-state index < -0.39 is 11.6 Å². The minimum absolute atomic E-state index is 0. The maximum absolute atomic E-state index is 13.1. The summed E-state index contributed by atoms with van der Waals surface area (Å²) in [7, 11) is 0. The molecular formula is C22H26ClN3O3. The summed E-state index contributed by atoms with van der Waals surface area (Å²) in [4.78, 5) is 26.9. The van der Waals surface area contributed by atoms with Crippen LogP contribution in [0.5, 0.6) is 0 Å². The number of carbonyl (C=O) groups is 2. The third-order valence-electron chi connectivity index (χ3n) is 5.72. The third-order valence-corrected chi connectivity index (χ3v) is 5.72. The summed E-state index contributed by atoms with van der Waals surface area (Å²) in [5.74, 6) is -0.162. The van der Waals surface area contributed by atoms with Crippen LogP contribution in [0.15, 0.2) is 54.6 Å². The minimum atomic E-state index is -0.844. The summed E-state index contributed by atoms with van der Waals surface area (Å²) < 4.78 is 0. The van der Waals surface area contributed by atoms with E-state index in [0.717, 1.165) is 17.7 Å². The third kappa shape index (κ3) is 4.15. The molecule has 0 radical (unpaired) electrons. The van der Waals surface area contributed by atoms with Gasteiger partial charge in [0.1, 0.15) is 0 Å². The molecule has 4 rings (SSSR count). The first-order valence-electron chi connectivity index (χ1n) is 9.77. The predicted octanol–water partition coefficient (Wildman–Crippen LogP) is 2.21. The second-order valence-electron chi connectivity index (χ2n) is 7.46. The fourth-order valence-corrected chi connectivity index (χ4v) is 4.17. The predicted molar refractivity (Wildman–Crippen MR) is 114 cm³/mol. The van der Waals surface area contributed by atoms with Crippen molar-refractivity contribution in [3.05, 3.63) is 65.7 Å². The highest BCUT2D eigenvalue weighted by molar-refractivity contribution is 5.99. The van der Waals surface area contributed by atoms with Gasteiger partial charge in [0.05, 0.1) is 11.6 Å². The Labute approximate surface area is 176 Å². The van der Waals surface area contributed by atoms with E-state index in [1.165, 1.54) is 0 Å². The van der Waals surface area contributed by atoms with Gasteiger partial charge < -0.3 is 20.6 Å². The van der Waals surface area contributed by atoms with Gasteiger partial charge >= 0.3 is 0 Å². The quantitative estimate of drug-likeness (QED) is 0.715. The molecule has 154 valence electrons. The van der Waals surface area contributed by atoms with Crippen molar-refractivity contribution in [2.75, 3.05) is 24.5 Å². The lowest BCUT2D eigenvalue weighted by atomic mass is 9.79. The number of halogens is 1. The number of hydrogen-bond donors (Lipinski definition) is 3.